The molecule has 5 nitrogen and oxygen atoms in total. The minimum atomic E-state index is -2.60. The number of rotatable bonds is 13. The van der Waals surface area contributed by atoms with E-state index >= 15 is 0 Å². The first-order chi connectivity index (χ1) is 9.59. The zero-order valence-electron chi connectivity index (χ0n) is 13.9. The summed E-state index contributed by atoms with van der Waals surface area (Å²) in [4.78, 5) is 0. The molecule has 1 atom stereocenters. The van der Waals surface area contributed by atoms with Gasteiger partial charge in [0.25, 0.3) is 0 Å². The molecule has 0 rings (SSSR count). The zero-order chi connectivity index (χ0) is 15.4. The lowest BCUT2D eigenvalue weighted by Crippen LogP contribution is -2.48. The molecule has 1 unspecified atom stereocenters. The highest BCUT2D eigenvalue weighted by Gasteiger charge is 2.43. The van der Waals surface area contributed by atoms with Crippen LogP contribution < -0.4 is 0 Å². The Morgan fingerprint density at radius 3 is 1.45 bits per heavy atom. The second-order valence-corrected chi connectivity index (χ2v) is 8.57. The van der Waals surface area contributed by atoms with Crippen LogP contribution in [-0.2, 0) is 22.8 Å². The van der Waals surface area contributed by atoms with Crippen molar-refractivity contribution in [2.45, 2.75) is 52.5 Å². The van der Waals surface area contributed by atoms with Crippen LogP contribution in [-0.4, -0.2) is 58.4 Å². The second kappa shape index (κ2) is 11.8. The first kappa shape index (κ1) is 20.2. The normalized spacial score (nSPS) is 14.1. The highest BCUT2D eigenvalue weighted by molar-refractivity contribution is 6.61. The second-order valence-electron chi connectivity index (χ2n) is 4.44. The molecule has 0 aliphatic rings. The van der Waals surface area contributed by atoms with Gasteiger partial charge >= 0.3 is 8.80 Å². The van der Waals surface area contributed by atoms with Gasteiger partial charge in [0.05, 0.1) is 0 Å². The summed E-state index contributed by atoms with van der Waals surface area (Å²) in [5.74, 6) is 0. The highest BCUT2D eigenvalue weighted by atomic mass is 28.4. The molecule has 7 heteroatoms. The topological polar surface area (TPSA) is 46.2 Å². The summed E-state index contributed by atoms with van der Waals surface area (Å²) in [5.41, 5.74) is 0.297. The van der Waals surface area contributed by atoms with Crippen molar-refractivity contribution in [2.24, 2.45) is 0 Å². The third-order valence-electron chi connectivity index (χ3n) is 2.79. The van der Waals surface area contributed by atoms with Crippen molar-refractivity contribution in [3.05, 3.63) is 0 Å². The molecule has 0 amide bonds. The van der Waals surface area contributed by atoms with Crippen molar-refractivity contribution in [2.75, 3.05) is 33.0 Å². The molecule has 0 aromatic carbocycles. The van der Waals surface area contributed by atoms with Gasteiger partial charge in [-0.25, -0.2) is 0 Å². The van der Waals surface area contributed by atoms with Crippen LogP contribution in [0.4, 0.5) is 0 Å². The van der Waals surface area contributed by atoms with Gasteiger partial charge in [-0.15, -0.1) is 0 Å². The molecule has 0 bridgehead atoms. The number of hydrogen-bond acceptors (Lipinski definition) is 5. The maximum absolute atomic E-state index is 5.89. The summed E-state index contributed by atoms with van der Waals surface area (Å²) < 4.78 is 29.1. The van der Waals surface area contributed by atoms with Gasteiger partial charge < -0.3 is 22.8 Å². The summed E-state index contributed by atoms with van der Waals surface area (Å²) >= 11 is 0. The van der Waals surface area contributed by atoms with Gasteiger partial charge in [0.15, 0.2) is 6.29 Å². The minimum absolute atomic E-state index is 0.176. The molecule has 0 aliphatic carbocycles. The highest BCUT2D eigenvalue weighted by Crippen LogP contribution is 2.27. The molecule has 0 fully saturated rings. The fraction of sp³-hybridized carbons (Fsp3) is 1.00. The third-order valence-corrected chi connectivity index (χ3v) is 7.89. The predicted octanol–water partition coefficient (Wildman–Crippen LogP) is 1.59. The summed E-state index contributed by atoms with van der Waals surface area (Å²) in [7, 11) is -1.66. The van der Waals surface area contributed by atoms with Gasteiger partial charge in [-0.2, -0.15) is 0 Å². The Kier molecular flexibility index (Phi) is 12.0. The maximum atomic E-state index is 5.89. The Morgan fingerprint density at radius 1 is 0.750 bits per heavy atom. The summed E-state index contributed by atoms with van der Waals surface area (Å²) in [6.45, 7) is 13.0. The van der Waals surface area contributed by atoms with Crippen molar-refractivity contribution in [1.29, 1.82) is 0 Å². The Labute approximate surface area is 128 Å². The quantitative estimate of drug-likeness (QED) is 0.380. The Morgan fingerprint density at radius 2 is 1.15 bits per heavy atom. The van der Waals surface area contributed by atoms with Crippen molar-refractivity contribution in [1.82, 2.24) is 0 Å². The lowest BCUT2D eigenvalue weighted by Gasteiger charge is -2.33. The van der Waals surface area contributed by atoms with Crippen molar-refractivity contribution in [3.8, 4) is 0 Å². The van der Waals surface area contributed by atoms with Crippen LogP contribution in [0.15, 0.2) is 0 Å². The van der Waals surface area contributed by atoms with Crippen molar-refractivity contribution >= 4 is 19.0 Å². The van der Waals surface area contributed by atoms with E-state index in [0.29, 0.717) is 38.6 Å². The van der Waals surface area contributed by atoms with E-state index in [1.807, 2.05) is 34.6 Å². The van der Waals surface area contributed by atoms with E-state index < -0.39 is 8.80 Å². The van der Waals surface area contributed by atoms with Crippen LogP contribution in [0.1, 0.15) is 34.6 Å². The van der Waals surface area contributed by atoms with E-state index in [4.69, 9.17) is 22.8 Å². The molecule has 0 saturated carbocycles. The smallest absolute Gasteiger partial charge is 0.374 e. The molecule has 0 radical (unpaired) electrons. The monoisotopic (exact) mass is 324 g/mol. The molecule has 0 saturated heterocycles. The van der Waals surface area contributed by atoms with E-state index in [2.05, 4.69) is 0 Å². The van der Waals surface area contributed by atoms with Gasteiger partial charge in [0.1, 0.15) is 0 Å². The molecule has 0 spiro atoms. The Bertz CT molecular complexity index is 208. The summed E-state index contributed by atoms with van der Waals surface area (Å²) in [5, 5.41) is 0. The van der Waals surface area contributed by atoms with E-state index in [-0.39, 0.29) is 6.29 Å². The first-order valence-electron chi connectivity index (χ1n) is 7.74. The fourth-order valence-electron chi connectivity index (χ4n) is 2.16. The van der Waals surface area contributed by atoms with Gasteiger partial charge in [0, 0.05) is 49.3 Å². The Balaban J connectivity index is 4.80. The van der Waals surface area contributed by atoms with Crippen LogP contribution in [0.5, 0.6) is 0 Å². The SMILES string of the molecule is CCOC(OCC)C([SiH3])C[Si](OCC)(OCC)OCC. The molecule has 0 heterocycles. The zero-order valence-corrected chi connectivity index (χ0v) is 16.9. The molecule has 0 aliphatic heterocycles. The fourth-order valence-corrected chi connectivity index (χ4v) is 6.95. The van der Waals surface area contributed by atoms with Crippen molar-refractivity contribution < 1.29 is 22.8 Å². The van der Waals surface area contributed by atoms with Crippen LogP contribution in [0.3, 0.4) is 0 Å². The van der Waals surface area contributed by atoms with E-state index in [1.54, 1.807) is 0 Å². The molecule has 122 valence electrons. The van der Waals surface area contributed by atoms with Gasteiger partial charge in [-0.3, -0.25) is 0 Å². The largest absolute Gasteiger partial charge is 0.501 e. The average Bonchev–Trinajstić information content (AvgIpc) is 2.39. The minimum Gasteiger partial charge on any atom is -0.374 e. The Hall–Kier alpha value is 0.234. The third kappa shape index (κ3) is 7.30. The van der Waals surface area contributed by atoms with Gasteiger partial charge in [-0.1, -0.05) is 0 Å². The van der Waals surface area contributed by atoms with Crippen LogP contribution in [0.2, 0.25) is 11.6 Å². The number of hydrogen-bond donors (Lipinski definition) is 0. The lowest BCUT2D eigenvalue weighted by atomic mass is 10.4. The average molecular weight is 325 g/mol. The van der Waals surface area contributed by atoms with Crippen molar-refractivity contribution in [3.63, 3.8) is 0 Å². The molecule has 0 aromatic heterocycles. The first-order valence-corrected chi connectivity index (χ1v) is 10.8. The molecular weight excluding hydrogens is 292 g/mol. The summed E-state index contributed by atoms with van der Waals surface area (Å²) in [6, 6.07) is 0.763. The maximum Gasteiger partial charge on any atom is 0.501 e. The lowest BCUT2D eigenvalue weighted by molar-refractivity contribution is -0.137. The predicted molar refractivity (Wildman–Crippen MR) is 86.2 cm³/mol. The van der Waals surface area contributed by atoms with Crippen LogP contribution >= 0.6 is 0 Å². The van der Waals surface area contributed by atoms with Crippen LogP contribution in [0, 0.1) is 0 Å². The molecular formula is C13H32O5Si2. The molecule has 0 N–H and O–H groups in total. The summed E-state index contributed by atoms with van der Waals surface area (Å²) in [6.07, 6.45) is -0.176. The van der Waals surface area contributed by atoms with Crippen LogP contribution in [0.25, 0.3) is 0 Å². The number of ether oxygens (including phenoxy) is 2. The van der Waals surface area contributed by atoms with E-state index in [0.717, 1.165) is 16.3 Å². The van der Waals surface area contributed by atoms with E-state index in [9.17, 15) is 0 Å². The van der Waals surface area contributed by atoms with E-state index in [1.165, 1.54) is 0 Å². The standard InChI is InChI=1S/C13H32O5Si2/c1-6-14-13(15-7-2)12(19)11-20(16-8-3,17-9-4)18-10-5/h12-13H,6-11H2,1-5,19H3. The molecule has 0 aromatic rings. The van der Waals surface area contributed by atoms with Gasteiger partial charge in [0.2, 0.25) is 0 Å². The molecule has 20 heavy (non-hydrogen) atoms. The van der Waals surface area contributed by atoms with Gasteiger partial charge in [-0.05, 0) is 40.2 Å².